The molecule has 3 atom stereocenters. The summed E-state index contributed by atoms with van der Waals surface area (Å²) in [7, 11) is 1.78. The molecule has 1 amide bonds. The first-order chi connectivity index (χ1) is 8.99. The lowest BCUT2D eigenvalue weighted by Crippen LogP contribution is -2.37. The Labute approximate surface area is 109 Å². The second-order valence-corrected chi connectivity index (χ2v) is 4.56. The van der Waals surface area contributed by atoms with Crippen molar-refractivity contribution < 1.29 is 19.4 Å². The predicted octanol–water partition coefficient (Wildman–Crippen LogP) is -0.375. The van der Waals surface area contributed by atoms with E-state index in [1.54, 1.807) is 24.9 Å². The van der Waals surface area contributed by atoms with Gasteiger partial charge in [-0.2, -0.15) is 0 Å². The molecule has 1 aromatic rings. The average Bonchev–Trinajstić information content (AvgIpc) is 2.96. The van der Waals surface area contributed by atoms with Crippen molar-refractivity contribution in [3.05, 3.63) is 12.2 Å². The highest BCUT2D eigenvalue weighted by Crippen LogP contribution is 2.20. The number of rotatable bonds is 4. The Morgan fingerprint density at radius 2 is 2.21 bits per heavy atom. The number of carboxylic acids is 1. The van der Waals surface area contributed by atoms with Gasteiger partial charge in [-0.25, -0.2) is 4.79 Å². The molecule has 1 aliphatic heterocycles. The molecule has 2 N–H and O–H groups in total. The van der Waals surface area contributed by atoms with Gasteiger partial charge >= 0.3 is 5.97 Å². The van der Waals surface area contributed by atoms with Gasteiger partial charge in [-0.1, -0.05) is 0 Å². The fourth-order valence-electron chi connectivity index (χ4n) is 2.07. The van der Waals surface area contributed by atoms with Crippen LogP contribution in [0, 0.1) is 0 Å². The van der Waals surface area contributed by atoms with Gasteiger partial charge in [-0.15, -0.1) is 10.2 Å². The normalized spacial score (nSPS) is 24.1. The zero-order valence-corrected chi connectivity index (χ0v) is 10.7. The SMILES string of the molecule is CC(NC(=O)C1CCC(C(=O)O)O1)c1nncn1C. The molecule has 3 unspecified atom stereocenters. The minimum Gasteiger partial charge on any atom is -0.479 e. The Hall–Kier alpha value is -1.96. The van der Waals surface area contributed by atoms with E-state index in [4.69, 9.17) is 9.84 Å². The third kappa shape index (κ3) is 2.90. The summed E-state index contributed by atoms with van der Waals surface area (Å²) in [5.74, 6) is -0.725. The van der Waals surface area contributed by atoms with Gasteiger partial charge in [0.15, 0.2) is 11.9 Å². The predicted molar refractivity (Wildman–Crippen MR) is 63.1 cm³/mol. The molecule has 0 saturated carbocycles. The van der Waals surface area contributed by atoms with Crippen LogP contribution >= 0.6 is 0 Å². The fourth-order valence-corrected chi connectivity index (χ4v) is 2.07. The highest BCUT2D eigenvalue weighted by molar-refractivity contribution is 5.82. The molecule has 1 aromatic heterocycles. The Kier molecular flexibility index (Phi) is 3.79. The number of amides is 1. The number of nitrogens with zero attached hydrogens (tertiary/aromatic N) is 3. The van der Waals surface area contributed by atoms with Gasteiger partial charge in [0, 0.05) is 7.05 Å². The van der Waals surface area contributed by atoms with Gasteiger partial charge in [-0.3, -0.25) is 4.79 Å². The Bertz CT molecular complexity index is 487. The number of carboxylic acid groups (broad SMARTS) is 1. The first-order valence-electron chi connectivity index (χ1n) is 6.01. The van der Waals surface area contributed by atoms with E-state index in [9.17, 15) is 9.59 Å². The van der Waals surface area contributed by atoms with Crippen molar-refractivity contribution in [2.45, 2.75) is 38.0 Å². The van der Waals surface area contributed by atoms with Crippen LogP contribution in [0.15, 0.2) is 6.33 Å². The van der Waals surface area contributed by atoms with Crippen molar-refractivity contribution in [2.24, 2.45) is 7.05 Å². The van der Waals surface area contributed by atoms with Crippen LogP contribution in [0.3, 0.4) is 0 Å². The minimum atomic E-state index is -1.03. The first kappa shape index (κ1) is 13.5. The highest BCUT2D eigenvalue weighted by atomic mass is 16.5. The molecular weight excluding hydrogens is 252 g/mol. The van der Waals surface area contributed by atoms with Crippen LogP contribution in [0.4, 0.5) is 0 Å². The molecule has 8 nitrogen and oxygen atoms in total. The zero-order chi connectivity index (χ0) is 14.0. The first-order valence-corrected chi connectivity index (χ1v) is 6.01. The van der Waals surface area contributed by atoms with E-state index in [1.165, 1.54) is 0 Å². The summed E-state index contributed by atoms with van der Waals surface area (Å²) in [5, 5.41) is 19.2. The number of carbonyl (C=O) groups is 2. The number of nitrogens with one attached hydrogen (secondary N) is 1. The molecule has 1 fully saturated rings. The molecule has 0 aromatic carbocycles. The summed E-state index contributed by atoms with van der Waals surface area (Å²) in [6.45, 7) is 1.78. The van der Waals surface area contributed by atoms with E-state index >= 15 is 0 Å². The number of carbonyl (C=O) groups excluding carboxylic acids is 1. The van der Waals surface area contributed by atoms with Crippen molar-refractivity contribution in [1.29, 1.82) is 0 Å². The van der Waals surface area contributed by atoms with E-state index in [2.05, 4.69) is 15.5 Å². The molecule has 19 heavy (non-hydrogen) atoms. The lowest BCUT2D eigenvalue weighted by molar-refractivity contribution is -0.151. The minimum absolute atomic E-state index is 0.313. The van der Waals surface area contributed by atoms with Gasteiger partial charge in [-0.05, 0) is 19.8 Å². The molecule has 0 aliphatic carbocycles. The molecule has 2 heterocycles. The van der Waals surface area contributed by atoms with Crippen LogP contribution in [-0.2, 0) is 21.4 Å². The Balaban J connectivity index is 1.92. The largest absolute Gasteiger partial charge is 0.479 e. The molecule has 1 aliphatic rings. The number of aromatic nitrogens is 3. The molecule has 0 radical (unpaired) electrons. The molecule has 2 rings (SSSR count). The van der Waals surface area contributed by atoms with Crippen molar-refractivity contribution in [3.63, 3.8) is 0 Å². The van der Waals surface area contributed by atoms with Gasteiger partial charge in [0.1, 0.15) is 12.4 Å². The number of hydrogen-bond donors (Lipinski definition) is 2. The third-order valence-electron chi connectivity index (χ3n) is 3.08. The second-order valence-electron chi connectivity index (χ2n) is 4.56. The van der Waals surface area contributed by atoms with E-state index in [1.807, 2.05) is 0 Å². The number of aliphatic carboxylic acids is 1. The topological polar surface area (TPSA) is 106 Å². The van der Waals surface area contributed by atoms with Crippen LogP contribution < -0.4 is 5.32 Å². The highest BCUT2D eigenvalue weighted by Gasteiger charge is 2.35. The number of aryl methyl sites for hydroxylation is 1. The van der Waals surface area contributed by atoms with Crippen LogP contribution in [0.1, 0.15) is 31.6 Å². The smallest absolute Gasteiger partial charge is 0.332 e. The maximum absolute atomic E-state index is 11.9. The van der Waals surface area contributed by atoms with Gasteiger partial charge < -0.3 is 19.7 Å². The molecule has 8 heteroatoms. The van der Waals surface area contributed by atoms with Crippen LogP contribution in [-0.4, -0.2) is 44.0 Å². The van der Waals surface area contributed by atoms with Crippen molar-refractivity contribution >= 4 is 11.9 Å². The van der Waals surface area contributed by atoms with E-state index in [0.717, 1.165) is 0 Å². The van der Waals surface area contributed by atoms with Gasteiger partial charge in [0.2, 0.25) is 5.91 Å². The summed E-state index contributed by atoms with van der Waals surface area (Å²) in [4.78, 5) is 22.7. The second kappa shape index (κ2) is 5.35. The fraction of sp³-hybridized carbons (Fsp3) is 0.636. The van der Waals surface area contributed by atoms with Gasteiger partial charge in [0.05, 0.1) is 6.04 Å². The zero-order valence-electron chi connectivity index (χ0n) is 10.7. The summed E-state index contributed by atoms with van der Waals surface area (Å²) >= 11 is 0. The lowest BCUT2D eigenvalue weighted by Gasteiger charge is -2.16. The third-order valence-corrected chi connectivity index (χ3v) is 3.08. The summed E-state index contributed by atoms with van der Waals surface area (Å²) in [6.07, 6.45) is 0.711. The standard InChI is InChI=1S/C11H16N4O4/c1-6(9-14-12-5-15(9)2)13-10(16)7-3-4-8(19-7)11(17)18/h5-8H,3-4H2,1-2H3,(H,13,16)(H,17,18). The summed E-state index contributed by atoms with van der Waals surface area (Å²) < 4.78 is 6.89. The summed E-state index contributed by atoms with van der Waals surface area (Å²) in [5.41, 5.74) is 0. The monoisotopic (exact) mass is 268 g/mol. The maximum atomic E-state index is 11.9. The molecule has 104 valence electrons. The molecule has 0 spiro atoms. The van der Waals surface area contributed by atoms with Crippen LogP contribution in [0.5, 0.6) is 0 Å². The average molecular weight is 268 g/mol. The van der Waals surface area contributed by atoms with Crippen molar-refractivity contribution in [3.8, 4) is 0 Å². The molecule has 1 saturated heterocycles. The maximum Gasteiger partial charge on any atom is 0.332 e. The molecular formula is C11H16N4O4. The number of ether oxygens (including phenoxy) is 1. The summed E-state index contributed by atoms with van der Waals surface area (Å²) in [6, 6.07) is -0.313. The van der Waals surface area contributed by atoms with E-state index in [0.29, 0.717) is 18.7 Å². The van der Waals surface area contributed by atoms with E-state index in [-0.39, 0.29) is 11.9 Å². The van der Waals surface area contributed by atoms with Crippen LogP contribution in [0.25, 0.3) is 0 Å². The van der Waals surface area contributed by atoms with Crippen molar-refractivity contribution in [1.82, 2.24) is 20.1 Å². The lowest BCUT2D eigenvalue weighted by atomic mass is 10.2. The number of hydrogen-bond acceptors (Lipinski definition) is 5. The van der Waals surface area contributed by atoms with Crippen LogP contribution in [0.2, 0.25) is 0 Å². The molecule has 0 bridgehead atoms. The van der Waals surface area contributed by atoms with Crippen molar-refractivity contribution in [2.75, 3.05) is 0 Å². The quantitative estimate of drug-likeness (QED) is 0.771. The Morgan fingerprint density at radius 3 is 2.74 bits per heavy atom. The van der Waals surface area contributed by atoms with E-state index < -0.39 is 18.2 Å². The Morgan fingerprint density at radius 1 is 1.53 bits per heavy atom. The van der Waals surface area contributed by atoms with Gasteiger partial charge in [0.25, 0.3) is 0 Å².